The number of nitrogens with zero attached hydrogens (tertiary/aromatic N) is 5. The largest absolute Gasteiger partial charge is 0.309 e. The molecule has 45 heavy (non-hydrogen) atoms. The number of aromatic nitrogens is 2. The number of rotatable bonds is 4. The fourth-order valence-corrected chi connectivity index (χ4v) is 7.40. The molecule has 0 radical (unpaired) electrons. The van der Waals surface area contributed by atoms with Crippen LogP contribution in [0.2, 0.25) is 0 Å². The zero-order valence-corrected chi connectivity index (χ0v) is 24.2. The second-order valence-corrected chi connectivity index (χ2v) is 11.9. The molecule has 10 rings (SSSR count). The van der Waals surface area contributed by atoms with Gasteiger partial charge in [0.2, 0.25) is 0 Å². The molecule has 0 aliphatic carbocycles. The minimum Gasteiger partial charge on any atom is -0.309 e. The van der Waals surface area contributed by atoms with E-state index in [1.165, 1.54) is 38.2 Å². The molecular formula is C39H26N6. The van der Waals surface area contributed by atoms with Crippen molar-refractivity contribution in [3.8, 4) is 17.4 Å². The molecule has 0 saturated carbocycles. The van der Waals surface area contributed by atoms with Gasteiger partial charge < -0.3 is 9.13 Å². The summed E-state index contributed by atoms with van der Waals surface area (Å²) in [6, 6.07) is 51.7. The molecule has 6 nitrogen and oxygen atoms in total. The molecule has 1 N–H and O–H groups in total. The number of hydrazine groups is 2. The van der Waals surface area contributed by atoms with Crippen molar-refractivity contribution >= 4 is 43.6 Å². The molecule has 4 unspecified atom stereocenters. The van der Waals surface area contributed by atoms with Gasteiger partial charge in [-0.2, -0.15) is 10.3 Å². The maximum Gasteiger partial charge on any atom is 0.134 e. The topological polar surface area (TPSA) is 51.7 Å². The summed E-state index contributed by atoms with van der Waals surface area (Å²) in [6.45, 7) is 0. The Hall–Kier alpha value is -5.71. The molecule has 6 heteroatoms. The Balaban J connectivity index is 1.18. The van der Waals surface area contributed by atoms with E-state index in [0.717, 1.165) is 27.9 Å². The van der Waals surface area contributed by atoms with Crippen LogP contribution in [0.5, 0.6) is 0 Å². The monoisotopic (exact) mass is 578 g/mol. The lowest BCUT2D eigenvalue weighted by molar-refractivity contribution is 0.0102. The number of nitrogens with one attached hydrogen (secondary N) is 1. The second-order valence-electron chi connectivity index (χ2n) is 11.9. The van der Waals surface area contributed by atoms with Crippen LogP contribution < -0.4 is 5.43 Å². The highest BCUT2D eigenvalue weighted by Crippen LogP contribution is 2.53. The van der Waals surface area contributed by atoms with Crippen molar-refractivity contribution in [2.75, 3.05) is 0 Å². The van der Waals surface area contributed by atoms with Gasteiger partial charge in [-0.1, -0.05) is 84.9 Å². The zero-order chi connectivity index (χ0) is 29.6. The van der Waals surface area contributed by atoms with Gasteiger partial charge in [0.1, 0.15) is 12.3 Å². The maximum absolute atomic E-state index is 9.67. The van der Waals surface area contributed by atoms with Crippen molar-refractivity contribution in [3.63, 3.8) is 0 Å². The van der Waals surface area contributed by atoms with Crippen LogP contribution in [0.3, 0.4) is 0 Å². The Morgan fingerprint density at radius 1 is 0.511 bits per heavy atom. The lowest BCUT2D eigenvalue weighted by Gasteiger charge is -2.28. The first-order valence-corrected chi connectivity index (χ1v) is 15.2. The Morgan fingerprint density at radius 3 is 1.80 bits per heavy atom. The highest BCUT2D eigenvalue weighted by molar-refractivity contribution is 6.19. The number of hydrogen-bond donors (Lipinski definition) is 1. The van der Waals surface area contributed by atoms with Crippen LogP contribution in [0.1, 0.15) is 29.0 Å². The van der Waals surface area contributed by atoms with E-state index in [1.807, 2.05) is 18.2 Å². The Kier molecular flexibility index (Phi) is 5.02. The molecule has 212 valence electrons. The molecule has 2 aliphatic rings. The molecule has 2 aromatic heterocycles. The van der Waals surface area contributed by atoms with Crippen molar-refractivity contribution in [2.45, 2.75) is 12.3 Å². The second kappa shape index (κ2) is 9.15. The Bertz CT molecular complexity index is 2520. The molecular weight excluding hydrogens is 552 g/mol. The average Bonchev–Trinajstić information content (AvgIpc) is 3.37. The molecule has 2 aliphatic heterocycles. The van der Waals surface area contributed by atoms with Gasteiger partial charge in [0, 0.05) is 32.9 Å². The molecule has 0 spiro atoms. The fraction of sp³-hybridized carbons (Fsp3) is 0.0513. The van der Waals surface area contributed by atoms with Crippen molar-refractivity contribution < 1.29 is 0 Å². The lowest BCUT2D eigenvalue weighted by atomic mass is 10.1. The molecule has 0 bridgehead atoms. The van der Waals surface area contributed by atoms with Crippen LogP contribution in [-0.2, 0) is 0 Å². The van der Waals surface area contributed by atoms with Crippen LogP contribution in [0.15, 0.2) is 140 Å². The minimum atomic E-state index is 0.197. The first kappa shape index (κ1) is 24.7. The summed E-state index contributed by atoms with van der Waals surface area (Å²) in [5.41, 5.74) is 13.5. The summed E-state index contributed by atoms with van der Waals surface area (Å²) in [5, 5.41) is 19.1. The Labute approximate surface area is 259 Å². The molecule has 2 saturated heterocycles. The van der Waals surface area contributed by atoms with Gasteiger partial charge in [0.15, 0.2) is 0 Å². The smallest absolute Gasteiger partial charge is 0.134 e. The number of benzene rings is 6. The highest BCUT2D eigenvalue weighted by Gasteiger charge is 2.60. The van der Waals surface area contributed by atoms with E-state index in [4.69, 9.17) is 0 Å². The molecule has 2 fully saturated rings. The maximum atomic E-state index is 9.67. The van der Waals surface area contributed by atoms with Crippen molar-refractivity contribution in [1.29, 1.82) is 5.26 Å². The SMILES string of the molecule is N#Cc1cccc(-n2c3ccccc3c3cc4c5ccccc5n(-c5cccc(C6N7NC(c8ccccc8)N67)c5)c4cc32)c1. The third-order valence-electron chi connectivity index (χ3n) is 9.44. The molecule has 4 atom stereocenters. The first-order chi connectivity index (χ1) is 22.3. The number of fused-ring (bicyclic) bond motifs is 7. The molecule has 6 aromatic carbocycles. The minimum absolute atomic E-state index is 0.197. The van der Waals surface area contributed by atoms with Gasteiger partial charge in [-0.05, 0) is 65.7 Å². The van der Waals surface area contributed by atoms with E-state index in [2.05, 4.69) is 152 Å². The fourth-order valence-electron chi connectivity index (χ4n) is 7.40. The summed E-state index contributed by atoms with van der Waals surface area (Å²) < 4.78 is 4.69. The van der Waals surface area contributed by atoms with E-state index in [9.17, 15) is 5.26 Å². The number of nitriles is 1. The van der Waals surface area contributed by atoms with Gasteiger partial charge >= 0.3 is 0 Å². The number of hydrogen-bond acceptors (Lipinski definition) is 4. The quantitative estimate of drug-likeness (QED) is 0.213. The predicted molar refractivity (Wildman–Crippen MR) is 179 cm³/mol. The third kappa shape index (κ3) is 3.48. The van der Waals surface area contributed by atoms with Crippen LogP contribution in [0.25, 0.3) is 55.0 Å². The predicted octanol–water partition coefficient (Wildman–Crippen LogP) is 8.50. The summed E-state index contributed by atoms with van der Waals surface area (Å²) in [4.78, 5) is 0. The first-order valence-electron chi connectivity index (χ1n) is 15.2. The summed E-state index contributed by atoms with van der Waals surface area (Å²) in [7, 11) is 0. The van der Waals surface area contributed by atoms with E-state index < -0.39 is 0 Å². The van der Waals surface area contributed by atoms with Crippen LogP contribution in [-0.4, -0.2) is 19.3 Å². The normalized spacial score (nSPS) is 20.3. The summed E-state index contributed by atoms with van der Waals surface area (Å²) >= 11 is 0. The van der Waals surface area contributed by atoms with Gasteiger partial charge in [-0.25, -0.2) is 5.43 Å². The third-order valence-corrected chi connectivity index (χ3v) is 9.44. The van der Waals surface area contributed by atoms with Gasteiger partial charge in [0.25, 0.3) is 0 Å². The van der Waals surface area contributed by atoms with Crippen LogP contribution in [0, 0.1) is 11.3 Å². The van der Waals surface area contributed by atoms with Crippen molar-refractivity contribution in [3.05, 3.63) is 156 Å². The number of para-hydroxylation sites is 2. The standard InChI is InChI=1S/C39H26N6/c40-24-25-10-8-14-28(20-25)42-34-18-6-4-16-30(34)32-22-33-31-17-5-7-19-35(31)43(37(33)23-36(32)42)29-15-9-13-27(21-29)39-44-38(41-45(39)44)26-11-2-1-3-12-26/h1-23,38-39,41H. The lowest BCUT2D eigenvalue weighted by Crippen LogP contribution is -2.44. The molecule has 8 aromatic rings. The van der Waals surface area contributed by atoms with E-state index in [1.54, 1.807) is 0 Å². The summed E-state index contributed by atoms with van der Waals surface area (Å²) in [5.74, 6) is 0. The van der Waals surface area contributed by atoms with E-state index in [0.29, 0.717) is 5.56 Å². The highest BCUT2D eigenvalue weighted by atomic mass is 16.1. The van der Waals surface area contributed by atoms with Crippen molar-refractivity contribution in [2.24, 2.45) is 0 Å². The van der Waals surface area contributed by atoms with E-state index >= 15 is 0 Å². The van der Waals surface area contributed by atoms with Crippen molar-refractivity contribution in [1.82, 2.24) is 24.7 Å². The van der Waals surface area contributed by atoms with E-state index in [-0.39, 0.29) is 12.3 Å². The van der Waals surface area contributed by atoms with Crippen LogP contribution in [0.4, 0.5) is 0 Å². The van der Waals surface area contributed by atoms with Crippen LogP contribution >= 0.6 is 0 Å². The van der Waals surface area contributed by atoms with Gasteiger partial charge in [0.05, 0.1) is 33.7 Å². The molecule has 0 amide bonds. The Morgan fingerprint density at radius 2 is 1.11 bits per heavy atom. The molecule has 4 heterocycles. The van der Waals surface area contributed by atoms with Gasteiger partial charge in [-0.3, -0.25) is 0 Å². The summed E-state index contributed by atoms with van der Waals surface area (Å²) in [6.07, 6.45) is 0.396. The van der Waals surface area contributed by atoms with Gasteiger partial charge in [-0.15, -0.1) is 5.12 Å². The average molecular weight is 579 g/mol. The zero-order valence-electron chi connectivity index (χ0n) is 24.2.